The molecule has 0 amide bonds. The molecule has 1 heterocycles. The first-order chi connectivity index (χ1) is 9.19. The Hall–Kier alpha value is -1.32. The Morgan fingerprint density at radius 2 is 1.79 bits per heavy atom. The molecule has 0 unspecified atom stereocenters. The maximum atomic E-state index is 11.9. The molecule has 0 N–H and O–H groups in total. The molecule has 1 aromatic heterocycles. The fourth-order valence-electron chi connectivity index (χ4n) is 2.18. The summed E-state index contributed by atoms with van der Waals surface area (Å²) in [6, 6.07) is 1.99. The highest BCUT2D eigenvalue weighted by molar-refractivity contribution is 5.06. The van der Waals surface area contributed by atoms with Gasteiger partial charge in [-0.05, 0) is 13.3 Å². The molecule has 0 aliphatic rings. The molecule has 4 heteroatoms. The zero-order valence-electron chi connectivity index (χ0n) is 12.4. The SMILES string of the molecule is CCCCCCCCCn1c(OC)nc(C)cc1=O. The molecule has 0 saturated carbocycles. The van der Waals surface area contributed by atoms with Gasteiger partial charge in [-0.3, -0.25) is 9.36 Å². The number of hydrogen-bond acceptors (Lipinski definition) is 3. The van der Waals surface area contributed by atoms with Crippen molar-refractivity contribution in [2.45, 2.75) is 65.3 Å². The molecule has 0 saturated heterocycles. The van der Waals surface area contributed by atoms with E-state index in [2.05, 4.69) is 11.9 Å². The molecule has 0 bridgehead atoms. The monoisotopic (exact) mass is 266 g/mol. The van der Waals surface area contributed by atoms with Crippen LogP contribution in [-0.4, -0.2) is 16.7 Å². The number of methoxy groups -OCH3 is 1. The average Bonchev–Trinajstić information content (AvgIpc) is 2.39. The molecule has 0 aliphatic heterocycles. The topological polar surface area (TPSA) is 44.1 Å². The summed E-state index contributed by atoms with van der Waals surface area (Å²) in [6.45, 7) is 4.73. The zero-order chi connectivity index (χ0) is 14.1. The number of rotatable bonds is 9. The first-order valence-electron chi connectivity index (χ1n) is 7.31. The number of hydrogen-bond donors (Lipinski definition) is 0. The molecule has 108 valence electrons. The smallest absolute Gasteiger partial charge is 0.299 e. The Labute approximate surface area is 115 Å². The van der Waals surface area contributed by atoms with Crippen molar-refractivity contribution in [2.24, 2.45) is 0 Å². The number of aromatic nitrogens is 2. The normalized spacial score (nSPS) is 10.7. The molecule has 1 rings (SSSR count). The average molecular weight is 266 g/mol. The van der Waals surface area contributed by atoms with Gasteiger partial charge >= 0.3 is 0 Å². The van der Waals surface area contributed by atoms with Gasteiger partial charge in [-0.15, -0.1) is 0 Å². The lowest BCUT2D eigenvalue weighted by atomic mass is 10.1. The summed E-state index contributed by atoms with van der Waals surface area (Å²) in [4.78, 5) is 16.1. The van der Waals surface area contributed by atoms with Crippen LogP contribution in [0.1, 0.15) is 57.6 Å². The van der Waals surface area contributed by atoms with Crippen LogP contribution in [0.25, 0.3) is 0 Å². The van der Waals surface area contributed by atoms with Crippen molar-refractivity contribution in [2.75, 3.05) is 7.11 Å². The van der Waals surface area contributed by atoms with E-state index in [4.69, 9.17) is 4.74 Å². The molecule has 0 aliphatic carbocycles. The standard InChI is InChI=1S/C15H26N2O2/c1-4-5-6-7-8-9-10-11-17-14(18)12-13(2)16-15(17)19-3/h12H,4-11H2,1-3H3. The summed E-state index contributed by atoms with van der Waals surface area (Å²) in [5, 5.41) is 0. The number of nitrogens with zero attached hydrogens (tertiary/aromatic N) is 2. The van der Waals surface area contributed by atoms with Crippen molar-refractivity contribution in [1.82, 2.24) is 9.55 Å². The van der Waals surface area contributed by atoms with Crippen molar-refractivity contribution in [3.8, 4) is 6.01 Å². The predicted octanol–water partition coefficient (Wildman–Crippen LogP) is 3.31. The van der Waals surface area contributed by atoms with E-state index >= 15 is 0 Å². The van der Waals surface area contributed by atoms with Crippen LogP contribution in [0, 0.1) is 6.92 Å². The summed E-state index contributed by atoms with van der Waals surface area (Å²) in [7, 11) is 1.56. The van der Waals surface area contributed by atoms with Crippen LogP contribution in [0.4, 0.5) is 0 Å². The number of unbranched alkanes of at least 4 members (excludes halogenated alkanes) is 6. The third kappa shape index (κ3) is 5.45. The molecule has 19 heavy (non-hydrogen) atoms. The lowest BCUT2D eigenvalue weighted by Crippen LogP contribution is -2.22. The van der Waals surface area contributed by atoms with Gasteiger partial charge in [-0.1, -0.05) is 45.4 Å². The first kappa shape index (κ1) is 15.7. The molecule has 0 radical (unpaired) electrons. The van der Waals surface area contributed by atoms with E-state index in [1.165, 1.54) is 32.1 Å². The Morgan fingerprint density at radius 1 is 1.16 bits per heavy atom. The molecule has 0 atom stereocenters. The molecule has 0 fully saturated rings. The van der Waals surface area contributed by atoms with E-state index in [-0.39, 0.29) is 5.56 Å². The third-order valence-electron chi connectivity index (χ3n) is 3.27. The first-order valence-corrected chi connectivity index (χ1v) is 7.31. The number of ether oxygens (including phenoxy) is 1. The maximum absolute atomic E-state index is 11.9. The van der Waals surface area contributed by atoms with Crippen LogP contribution in [0.5, 0.6) is 6.01 Å². The van der Waals surface area contributed by atoms with Gasteiger partial charge in [0.2, 0.25) is 0 Å². The fourth-order valence-corrected chi connectivity index (χ4v) is 2.18. The van der Waals surface area contributed by atoms with Gasteiger partial charge in [0.1, 0.15) is 0 Å². The Kier molecular flexibility index (Phi) is 7.23. The van der Waals surface area contributed by atoms with Crippen molar-refractivity contribution in [1.29, 1.82) is 0 Å². The molecule has 1 aromatic rings. The van der Waals surface area contributed by atoms with Gasteiger partial charge in [0.25, 0.3) is 11.6 Å². The maximum Gasteiger partial charge on any atom is 0.299 e. The summed E-state index contributed by atoms with van der Waals surface area (Å²) in [6.07, 6.45) is 8.64. The third-order valence-corrected chi connectivity index (χ3v) is 3.27. The van der Waals surface area contributed by atoms with Crippen LogP contribution < -0.4 is 10.3 Å². The van der Waals surface area contributed by atoms with Crippen LogP contribution in [0.15, 0.2) is 10.9 Å². The van der Waals surface area contributed by atoms with Gasteiger partial charge in [0, 0.05) is 18.3 Å². The second-order valence-electron chi connectivity index (χ2n) is 5.00. The molecular weight excluding hydrogens is 240 g/mol. The van der Waals surface area contributed by atoms with Gasteiger partial charge in [-0.2, -0.15) is 0 Å². The van der Waals surface area contributed by atoms with Crippen LogP contribution in [-0.2, 0) is 6.54 Å². The van der Waals surface area contributed by atoms with E-state index < -0.39 is 0 Å². The molecule has 4 nitrogen and oxygen atoms in total. The summed E-state index contributed by atoms with van der Waals surface area (Å²) >= 11 is 0. The van der Waals surface area contributed by atoms with Gasteiger partial charge in [-0.25, -0.2) is 4.98 Å². The van der Waals surface area contributed by atoms with Gasteiger partial charge < -0.3 is 4.74 Å². The quantitative estimate of drug-likeness (QED) is 0.644. The zero-order valence-corrected chi connectivity index (χ0v) is 12.4. The van der Waals surface area contributed by atoms with E-state index in [1.54, 1.807) is 17.7 Å². The minimum absolute atomic E-state index is 0.0182. The van der Waals surface area contributed by atoms with Gasteiger partial charge in [0.15, 0.2) is 0 Å². The van der Waals surface area contributed by atoms with Crippen molar-refractivity contribution in [3.05, 3.63) is 22.1 Å². The highest BCUT2D eigenvalue weighted by Crippen LogP contribution is 2.10. The Bertz CT molecular complexity index is 427. The lowest BCUT2D eigenvalue weighted by molar-refractivity contribution is 0.340. The fraction of sp³-hybridized carbons (Fsp3) is 0.733. The molecular formula is C15H26N2O2. The van der Waals surface area contributed by atoms with E-state index in [0.29, 0.717) is 18.2 Å². The molecule has 0 spiro atoms. The minimum Gasteiger partial charge on any atom is -0.468 e. The minimum atomic E-state index is -0.0182. The largest absolute Gasteiger partial charge is 0.468 e. The second kappa shape index (κ2) is 8.73. The summed E-state index contributed by atoms with van der Waals surface area (Å²) in [5.41, 5.74) is 0.688. The molecule has 0 aromatic carbocycles. The highest BCUT2D eigenvalue weighted by Gasteiger charge is 2.06. The lowest BCUT2D eigenvalue weighted by Gasteiger charge is -2.10. The van der Waals surface area contributed by atoms with Crippen molar-refractivity contribution < 1.29 is 4.74 Å². The highest BCUT2D eigenvalue weighted by atomic mass is 16.5. The van der Waals surface area contributed by atoms with Crippen LogP contribution in [0.2, 0.25) is 0 Å². The van der Waals surface area contributed by atoms with Crippen molar-refractivity contribution in [3.63, 3.8) is 0 Å². The Balaban J connectivity index is 2.39. The van der Waals surface area contributed by atoms with Gasteiger partial charge in [0.05, 0.1) is 7.11 Å². The van der Waals surface area contributed by atoms with E-state index in [1.807, 2.05) is 6.92 Å². The van der Waals surface area contributed by atoms with E-state index in [0.717, 1.165) is 12.8 Å². The predicted molar refractivity (Wildman–Crippen MR) is 77.8 cm³/mol. The second-order valence-corrected chi connectivity index (χ2v) is 5.00. The van der Waals surface area contributed by atoms with Crippen molar-refractivity contribution >= 4 is 0 Å². The number of aryl methyl sites for hydroxylation is 1. The Morgan fingerprint density at radius 3 is 2.42 bits per heavy atom. The van der Waals surface area contributed by atoms with E-state index in [9.17, 15) is 4.79 Å². The van der Waals surface area contributed by atoms with Crippen LogP contribution in [0.3, 0.4) is 0 Å². The summed E-state index contributed by atoms with van der Waals surface area (Å²) in [5.74, 6) is 0. The summed E-state index contributed by atoms with van der Waals surface area (Å²) < 4.78 is 6.79. The van der Waals surface area contributed by atoms with Crippen LogP contribution >= 0.6 is 0 Å².